The van der Waals surface area contributed by atoms with Gasteiger partial charge in [-0.1, -0.05) is 35.6 Å². The van der Waals surface area contributed by atoms with Crippen LogP contribution in [-0.2, 0) is 9.53 Å². The summed E-state index contributed by atoms with van der Waals surface area (Å²) in [5.41, 5.74) is 1.82. The van der Waals surface area contributed by atoms with E-state index in [0.717, 1.165) is 0 Å². The summed E-state index contributed by atoms with van der Waals surface area (Å²) in [7, 11) is 1.50. The summed E-state index contributed by atoms with van der Waals surface area (Å²) >= 11 is 1.22. The Kier molecular flexibility index (Phi) is 8.52. The van der Waals surface area contributed by atoms with E-state index in [-0.39, 0.29) is 30.5 Å². The average Bonchev–Trinajstić information content (AvgIpc) is 3.21. The molecule has 202 valence electrons. The minimum Gasteiger partial charge on any atom is -0.493 e. The molecular weight excluding hydrogens is 518 g/mol. The summed E-state index contributed by atoms with van der Waals surface area (Å²) in [5, 5.41) is 8.81. The topological polar surface area (TPSA) is 112 Å². The molecule has 4 rings (SSSR count). The van der Waals surface area contributed by atoms with E-state index >= 15 is 0 Å². The highest BCUT2D eigenvalue weighted by molar-refractivity contribution is 7.07. The van der Waals surface area contributed by atoms with Gasteiger partial charge in [-0.15, -0.1) is 0 Å². The number of methoxy groups -OCH3 is 1. The molecule has 0 unspecified atom stereocenters. The van der Waals surface area contributed by atoms with Gasteiger partial charge in [0.2, 0.25) is 0 Å². The second-order valence-corrected chi connectivity index (χ2v) is 9.87. The van der Waals surface area contributed by atoms with Gasteiger partial charge in [-0.3, -0.25) is 9.36 Å². The molecule has 0 fully saturated rings. The first-order valence-electron chi connectivity index (χ1n) is 12.4. The van der Waals surface area contributed by atoms with Crippen LogP contribution >= 0.6 is 11.3 Å². The normalized spacial score (nSPS) is 14.9. The first-order chi connectivity index (χ1) is 18.8. The third kappa shape index (κ3) is 5.73. The zero-order valence-electron chi connectivity index (χ0n) is 22.4. The van der Waals surface area contributed by atoms with E-state index < -0.39 is 12.0 Å². The molecule has 9 nitrogen and oxygen atoms in total. The monoisotopic (exact) mass is 547 g/mol. The summed E-state index contributed by atoms with van der Waals surface area (Å²) in [6, 6.07) is 13.7. The number of thiazole rings is 1. The molecular formula is C29H29N3O6S. The number of nitriles is 1. The lowest BCUT2D eigenvalue weighted by Gasteiger charge is -2.26. The predicted octanol–water partition coefficient (Wildman–Crippen LogP) is 3.50. The van der Waals surface area contributed by atoms with Crippen LogP contribution in [0, 0.1) is 11.3 Å². The highest BCUT2D eigenvalue weighted by Gasteiger charge is 2.35. The summed E-state index contributed by atoms with van der Waals surface area (Å²) in [5.74, 6) is 0.898. The second-order valence-electron chi connectivity index (χ2n) is 8.86. The molecule has 2 aromatic carbocycles. The summed E-state index contributed by atoms with van der Waals surface area (Å²) < 4.78 is 24.2. The lowest BCUT2D eigenvalue weighted by Crippen LogP contribution is -2.40. The van der Waals surface area contributed by atoms with Crippen LogP contribution in [0.5, 0.6) is 17.2 Å². The minimum atomic E-state index is -0.784. The van der Waals surface area contributed by atoms with Crippen LogP contribution in [0.25, 0.3) is 6.08 Å². The van der Waals surface area contributed by atoms with Gasteiger partial charge in [-0.25, -0.2) is 9.79 Å². The summed E-state index contributed by atoms with van der Waals surface area (Å²) in [6.45, 7) is 7.39. The lowest BCUT2D eigenvalue weighted by atomic mass is 9.95. The number of rotatable bonds is 9. The lowest BCUT2D eigenvalue weighted by molar-refractivity contribution is -0.139. The van der Waals surface area contributed by atoms with Gasteiger partial charge in [-0.05, 0) is 57.5 Å². The van der Waals surface area contributed by atoms with Crippen molar-refractivity contribution in [2.45, 2.75) is 39.8 Å². The molecule has 0 aliphatic carbocycles. The van der Waals surface area contributed by atoms with Crippen molar-refractivity contribution in [3.8, 4) is 23.3 Å². The molecule has 0 amide bonds. The van der Waals surface area contributed by atoms with Crippen LogP contribution in [-0.4, -0.2) is 37.0 Å². The zero-order valence-corrected chi connectivity index (χ0v) is 23.2. The standard InChI is InChI=1S/C29H29N3O6S/c1-6-36-28(34)25-18(4)31-29-32(26(25)20-9-7-8-10-21(20)38-17(2)3)27(33)24(39-29)16-19-11-12-22(37-14-13-30)23(15-19)35-5/h7-12,15-17,26H,6,14H2,1-5H3/b24-16+/t26-/m1/s1. The van der Waals surface area contributed by atoms with Crippen molar-refractivity contribution < 1.29 is 23.7 Å². The Morgan fingerprint density at radius 2 is 1.97 bits per heavy atom. The molecule has 0 radical (unpaired) electrons. The van der Waals surface area contributed by atoms with Crippen molar-refractivity contribution in [1.82, 2.24) is 4.57 Å². The van der Waals surface area contributed by atoms with E-state index in [9.17, 15) is 9.59 Å². The van der Waals surface area contributed by atoms with Crippen LogP contribution < -0.4 is 29.1 Å². The number of ether oxygens (including phenoxy) is 4. The number of hydrogen-bond acceptors (Lipinski definition) is 9. The van der Waals surface area contributed by atoms with Crippen molar-refractivity contribution in [2.24, 2.45) is 4.99 Å². The van der Waals surface area contributed by atoms with Crippen LogP contribution in [0.2, 0.25) is 0 Å². The molecule has 10 heteroatoms. The first-order valence-corrected chi connectivity index (χ1v) is 13.2. The van der Waals surface area contributed by atoms with Gasteiger partial charge in [0.15, 0.2) is 22.9 Å². The van der Waals surface area contributed by atoms with Gasteiger partial charge < -0.3 is 18.9 Å². The Labute approximate surface area is 229 Å². The van der Waals surface area contributed by atoms with E-state index in [1.807, 2.05) is 44.2 Å². The van der Waals surface area contributed by atoms with E-state index in [1.54, 1.807) is 38.1 Å². The fourth-order valence-electron chi connectivity index (χ4n) is 4.31. The molecule has 1 atom stereocenters. The third-order valence-electron chi connectivity index (χ3n) is 5.87. The fraction of sp³-hybridized carbons (Fsp3) is 0.310. The Morgan fingerprint density at radius 3 is 2.67 bits per heavy atom. The van der Waals surface area contributed by atoms with Crippen molar-refractivity contribution in [3.63, 3.8) is 0 Å². The van der Waals surface area contributed by atoms with Crippen LogP contribution in [0.1, 0.15) is 44.9 Å². The Hall–Kier alpha value is -4.36. The average molecular weight is 548 g/mol. The number of allylic oxidation sites excluding steroid dienone is 1. The van der Waals surface area contributed by atoms with Gasteiger partial charge >= 0.3 is 5.97 Å². The molecule has 0 spiro atoms. The highest BCUT2D eigenvalue weighted by Crippen LogP contribution is 2.36. The Morgan fingerprint density at radius 1 is 1.21 bits per heavy atom. The number of esters is 1. The van der Waals surface area contributed by atoms with Gasteiger partial charge in [0, 0.05) is 5.56 Å². The Bertz CT molecular complexity index is 1640. The highest BCUT2D eigenvalue weighted by atomic mass is 32.1. The summed E-state index contributed by atoms with van der Waals surface area (Å²) in [6.07, 6.45) is 1.62. The Balaban J connectivity index is 1.91. The van der Waals surface area contributed by atoms with Crippen molar-refractivity contribution in [2.75, 3.05) is 20.3 Å². The number of nitrogens with zero attached hydrogens (tertiary/aromatic N) is 3. The molecule has 0 saturated carbocycles. The molecule has 0 bridgehead atoms. The second kappa shape index (κ2) is 12.0. The van der Waals surface area contributed by atoms with Crippen molar-refractivity contribution in [3.05, 3.63) is 84.5 Å². The molecule has 0 N–H and O–H groups in total. The minimum absolute atomic E-state index is 0.113. The molecule has 39 heavy (non-hydrogen) atoms. The third-order valence-corrected chi connectivity index (χ3v) is 6.85. The van der Waals surface area contributed by atoms with Gasteiger partial charge in [-0.2, -0.15) is 5.26 Å². The van der Waals surface area contributed by atoms with Gasteiger partial charge in [0.05, 0.1) is 35.6 Å². The maximum atomic E-state index is 13.9. The fourth-order valence-corrected chi connectivity index (χ4v) is 5.35. The number of carbonyl (C=O) groups excluding carboxylic acids is 1. The smallest absolute Gasteiger partial charge is 0.338 e. The quantitative estimate of drug-likeness (QED) is 0.377. The molecule has 0 saturated heterocycles. The SMILES string of the molecule is CCOC(=O)C1=C(C)N=c2s/c(=C/c3ccc(OCC#N)c(OC)c3)c(=O)n2[C@@H]1c1ccccc1OC(C)C. The number of benzene rings is 2. The van der Waals surface area contributed by atoms with Crippen LogP contribution in [0.3, 0.4) is 0 Å². The number of carbonyl (C=O) groups is 1. The number of fused-ring (bicyclic) bond motifs is 1. The first kappa shape index (κ1) is 27.7. The largest absolute Gasteiger partial charge is 0.493 e. The maximum absolute atomic E-state index is 13.9. The van der Waals surface area contributed by atoms with Crippen LogP contribution in [0.4, 0.5) is 0 Å². The zero-order chi connectivity index (χ0) is 28.1. The van der Waals surface area contributed by atoms with E-state index in [0.29, 0.717) is 43.4 Å². The molecule has 1 aliphatic heterocycles. The van der Waals surface area contributed by atoms with Crippen molar-refractivity contribution >= 4 is 23.4 Å². The van der Waals surface area contributed by atoms with Gasteiger partial charge in [0.25, 0.3) is 5.56 Å². The van der Waals surface area contributed by atoms with Gasteiger partial charge in [0.1, 0.15) is 17.9 Å². The maximum Gasteiger partial charge on any atom is 0.338 e. The van der Waals surface area contributed by atoms with Crippen molar-refractivity contribution in [1.29, 1.82) is 5.26 Å². The number of para-hydroxylation sites is 1. The van der Waals surface area contributed by atoms with E-state index in [2.05, 4.69) is 4.99 Å². The summed E-state index contributed by atoms with van der Waals surface area (Å²) in [4.78, 5) is 32.2. The predicted molar refractivity (Wildman–Crippen MR) is 147 cm³/mol. The van der Waals surface area contributed by atoms with E-state index in [4.69, 9.17) is 24.2 Å². The van der Waals surface area contributed by atoms with E-state index in [1.165, 1.54) is 23.0 Å². The molecule has 3 aromatic rings. The molecule has 2 heterocycles. The molecule has 1 aromatic heterocycles. The number of hydrogen-bond donors (Lipinski definition) is 0. The molecule has 1 aliphatic rings. The van der Waals surface area contributed by atoms with Crippen LogP contribution in [0.15, 0.2) is 63.5 Å². The number of aromatic nitrogens is 1.